The van der Waals surface area contributed by atoms with Crippen LogP contribution in [0.4, 0.5) is 5.82 Å². The summed E-state index contributed by atoms with van der Waals surface area (Å²) in [5, 5.41) is 1.05. The van der Waals surface area contributed by atoms with Gasteiger partial charge in [-0.3, -0.25) is 9.69 Å². The Morgan fingerprint density at radius 2 is 1.90 bits per heavy atom. The van der Waals surface area contributed by atoms with Crippen LogP contribution in [0.15, 0.2) is 47.1 Å². The summed E-state index contributed by atoms with van der Waals surface area (Å²) in [5.41, 5.74) is 2.70. The summed E-state index contributed by atoms with van der Waals surface area (Å²) in [6, 6.07) is 11.6. The fraction of sp³-hybridized carbons (Fsp3) is 0.176. The number of hydrogen-bond donors (Lipinski definition) is 0. The highest BCUT2D eigenvalue weighted by atomic mass is 16.3. The van der Waals surface area contributed by atoms with Crippen LogP contribution in [-0.4, -0.2) is 17.9 Å². The third kappa shape index (κ3) is 2.29. The van der Waals surface area contributed by atoms with Gasteiger partial charge in [0, 0.05) is 18.0 Å². The number of furan rings is 1. The van der Waals surface area contributed by atoms with Crippen LogP contribution in [0.5, 0.6) is 0 Å². The fourth-order valence-electron chi connectivity index (χ4n) is 2.21. The SMILES string of the molecule is Cc1coc(C(=O)N(C)c2ccc3ccccc3n2)c1C. The smallest absolute Gasteiger partial charge is 0.295 e. The lowest BCUT2D eigenvalue weighted by Gasteiger charge is -2.15. The number of nitrogens with zero attached hydrogens (tertiary/aromatic N) is 2. The summed E-state index contributed by atoms with van der Waals surface area (Å²) in [5.74, 6) is 0.778. The van der Waals surface area contributed by atoms with E-state index in [2.05, 4.69) is 4.98 Å². The summed E-state index contributed by atoms with van der Waals surface area (Å²) in [7, 11) is 1.71. The predicted molar refractivity (Wildman–Crippen MR) is 82.7 cm³/mol. The lowest BCUT2D eigenvalue weighted by atomic mass is 10.2. The number of pyridine rings is 1. The first kappa shape index (κ1) is 13.4. The van der Waals surface area contributed by atoms with Crippen molar-refractivity contribution >= 4 is 22.6 Å². The molecule has 0 aliphatic rings. The number of aryl methyl sites for hydroxylation is 1. The number of benzene rings is 1. The van der Waals surface area contributed by atoms with E-state index in [1.54, 1.807) is 13.3 Å². The average molecular weight is 280 g/mol. The second kappa shape index (κ2) is 5.05. The van der Waals surface area contributed by atoms with Crippen molar-refractivity contribution in [2.45, 2.75) is 13.8 Å². The lowest BCUT2D eigenvalue weighted by Crippen LogP contribution is -2.27. The van der Waals surface area contributed by atoms with Crippen molar-refractivity contribution in [3.63, 3.8) is 0 Å². The van der Waals surface area contributed by atoms with Crippen molar-refractivity contribution in [1.82, 2.24) is 4.98 Å². The van der Waals surface area contributed by atoms with Crippen LogP contribution in [0, 0.1) is 13.8 Å². The first-order valence-electron chi connectivity index (χ1n) is 6.76. The quantitative estimate of drug-likeness (QED) is 0.718. The first-order chi connectivity index (χ1) is 10.1. The lowest BCUT2D eigenvalue weighted by molar-refractivity contribution is 0.0965. The van der Waals surface area contributed by atoms with Gasteiger partial charge in [0.25, 0.3) is 5.91 Å². The molecule has 1 aromatic carbocycles. The summed E-state index contributed by atoms with van der Waals surface area (Å²) >= 11 is 0. The monoisotopic (exact) mass is 280 g/mol. The molecule has 0 radical (unpaired) electrons. The normalized spacial score (nSPS) is 10.8. The van der Waals surface area contributed by atoms with Crippen molar-refractivity contribution < 1.29 is 9.21 Å². The molecular formula is C17H16N2O2. The largest absolute Gasteiger partial charge is 0.459 e. The van der Waals surface area contributed by atoms with Crippen LogP contribution in [0.3, 0.4) is 0 Å². The number of amides is 1. The van der Waals surface area contributed by atoms with Crippen LogP contribution in [0.25, 0.3) is 10.9 Å². The first-order valence-corrected chi connectivity index (χ1v) is 6.76. The van der Waals surface area contributed by atoms with Gasteiger partial charge < -0.3 is 4.42 Å². The minimum absolute atomic E-state index is 0.191. The number of fused-ring (bicyclic) bond motifs is 1. The van der Waals surface area contributed by atoms with Crippen molar-refractivity contribution in [3.05, 3.63) is 59.5 Å². The Kier molecular flexibility index (Phi) is 3.22. The van der Waals surface area contributed by atoms with E-state index in [0.717, 1.165) is 22.0 Å². The molecule has 4 nitrogen and oxygen atoms in total. The predicted octanol–water partition coefficient (Wildman–Crippen LogP) is 3.72. The minimum Gasteiger partial charge on any atom is -0.459 e. The number of anilines is 1. The zero-order valence-corrected chi connectivity index (χ0v) is 12.3. The summed E-state index contributed by atoms with van der Waals surface area (Å²) in [4.78, 5) is 18.5. The highest BCUT2D eigenvalue weighted by Gasteiger charge is 2.21. The number of hydrogen-bond acceptors (Lipinski definition) is 3. The summed E-state index contributed by atoms with van der Waals surface area (Å²) < 4.78 is 5.37. The molecule has 4 heteroatoms. The average Bonchev–Trinajstić information content (AvgIpc) is 2.85. The van der Waals surface area contributed by atoms with Crippen LogP contribution in [-0.2, 0) is 0 Å². The van der Waals surface area contributed by atoms with Gasteiger partial charge in [-0.15, -0.1) is 0 Å². The van der Waals surface area contributed by atoms with Crippen molar-refractivity contribution in [2.24, 2.45) is 0 Å². The number of carbonyl (C=O) groups is 1. The molecule has 0 atom stereocenters. The Morgan fingerprint density at radius 1 is 1.14 bits per heavy atom. The number of aromatic nitrogens is 1. The van der Waals surface area contributed by atoms with Crippen molar-refractivity contribution in [1.29, 1.82) is 0 Å². The highest BCUT2D eigenvalue weighted by molar-refractivity contribution is 6.04. The Morgan fingerprint density at radius 3 is 2.62 bits per heavy atom. The van der Waals surface area contributed by atoms with Crippen LogP contribution >= 0.6 is 0 Å². The van der Waals surface area contributed by atoms with Crippen LogP contribution < -0.4 is 4.90 Å². The Bertz CT molecular complexity index is 821. The molecule has 0 aliphatic heterocycles. The van der Waals surface area contributed by atoms with Gasteiger partial charge in [-0.2, -0.15) is 0 Å². The second-order valence-electron chi connectivity index (χ2n) is 5.10. The van der Waals surface area contributed by atoms with E-state index in [4.69, 9.17) is 4.42 Å². The standard InChI is InChI=1S/C17H16N2O2/c1-11-10-21-16(12(11)2)17(20)19(3)15-9-8-13-6-4-5-7-14(13)18-15/h4-10H,1-3H3. The molecule has 0 saturated heterocycles. The zero-order chi connectivity index (χ0) is 15.0. The van der Waals surface area contributed by atoms with Gasteiger partial charge in [0.2, 0.25) is 0 Å². The van der Waals surface area contributed by atoms with Gasteiger partial charge in [0.1, 0.15) is 5.82 Å². The van der Waals surface area contributed by atoms with Gasteiger partial charge >= 0.3 is 0 Å². The molecule has 2 heterocycles. The minimum atomic E-state index is -0.191. The maximum atomic E-state index is 12.5. The van der Waals surface area contributed by atoms with E-state index < -0.39 is 0 Å². The third-order valence-corrected chi connectivity index (χ3v) is 3.71. The molecule has 0 spiro atoms. The van der Waals surface area contributed by atoms with Gasteiger partial charge in [-0.25, -0.2) is 4.98 Å². The van der Waals surface area contributed by atoms with E-state index in [0.29, 0.717) is 11.6 Å². The van der Waals surface area contributed by atoms with E-state index in [1.807, 2.05) is 50.2 Å². The molecule has 0 N–H and O–H groups in total. The molecule has 21 heavy (non-hydrogen) atoms. The Labute approximate surface area is 123 Å². The second-order valence-corrected chi connectivity index (χ2v) is 5.10. The summed E-state index contributed by atoms with van der Waals surface area (Å²) in [6.07, 6.45) is 1.60. The Hall–Kier alpha value is -2.62. The molecule has 0 unspecified atom stereocenters. The van der Waals surface area contributed by atoms with Crippen molar-refractivity contribution in [3.8, 4) is 0 Å². The molecule has 3 rings (SSSR count). The van der Waals surface area contributed by atoms with E-state index in [1.165, 1.54) is 4.90 Å². The molecule has 1 amide bonds. The van der Waals surface area contributed by atoms with Gasteiger partial charge in [0.15, 0.2) is 5.76 Å². The molecule has 3 aromatic rings. The zero-order valence-electron chi connectivity index (χ0n) is 12.3. The molecule has 0 aliphatic carbocycles. The topological polar surface area (TPSA) is 46.3 Å². The summed E-state index contributed by atoms with van der Waals surface area (Å²) in [6.45, 7) is 3.80. The van der Waals surface area contributed by atoms with Gasteiger partial charge in [-0.1, -0.05) is 18.2 Å². The molecule has 2 aromatic heterocycles. The Balaban J connectivity index is 1.98. The number of rotatable bonds is 2. The van der Waals surface area contributed by atoms with Crippen molar-refractivity contribution in [2.75, 3.05) is 11.9 Å². The molecule has 0 bridgehead atoms. The molecule has 0 fully saturated rings. The third-order valence-electron chi connectivity index (χ3n) is 3.71. The maximum Gasteiger partial charge on any atom is 0.295 e. The molecule has 0 saturated carbocycles. The van der Waals surface area contributed by atoms with Crippen LogP contribution in [0.1, 0.15) is 21.7 Å². The number of carbonyl (C=O) groups excluding carboxylic acids is 1. The molecule has 106 valence electrons. The molecular weight excluding hydrogens is 264 g/mol. The van der Waals surface area contributed by atoms with E-state index in [-0.39, 0.29) is 5.91 Å². The van der Waals surface area contributed by atoms with Gasteiger partial charge in [0.05, 0.1) is 11.8 Å². The van der Waals surface area contributed by atoms with Gasteiger partial charge in [-0.05, 0) is 37.6 Å². The fourth-order valence-corrected chi connectivity index (χ4v) is 2.21. The maximum absolute atomic E-state index is 12.5. The van der Waals surface area contributed by atoms with Crippen LogP contribution in [0.2, 0.25) is 0 Å². The highest BCUT2D eigenvalue weighted by Crippen LogP contribution is 2.21. The van der Waals surface area contributed by atoms with E-state index >= 15 is 0 Å². The number of para-hydroxylation sites is 1. The van der Waals surface area contributed by atoms with E-state index in [9.17, 15) is 4.79 Å².